The molecular formula is C19H17N3OS. The molecule has 0 saturated heterocycles. The SMILES string of the molecule is O=C(Nc1ccc(-c2nccs2)cc1)NC1CC1c1ccccc1. The van der Waals surface area contributed by atoms with E-state index in [0.717, 1.165) is 22.7 Å². The van der Waals surface area contributed by atoms with E-state index >= 15 is 0 Å². The van der Waals surface area contributed by atoms with E-state index in [1.807, 2.05) is 47.8 Å². The van der Waals surface area contributed by atoms with E-state index in [1.165, 1.54) is 5.56 Å². The highest BCUT2D eigenvalue weighted by molar-refractivity contribution is 7.13. The van der Waals surface area contributed by atoms with Gasteiger partial charge in [0.15, 0.2) is 0 Å². The third-order valence-corrected chi connectivity index (χ3v) is 4.98. The van der Waals surface area contributed by atoms with Crippen molar-refractivity contribution in [2.75, 3.05) is 5.32 Å². The number of rotatable bonds is 4. The number of nitrogens with zero attached hydrogens (tertiary/aromatic N) is 1. The van der Waals surface area contributed by atoms with Crippen LogP contribution < -0.4 is 10.6 Å². The first-order valence-electron chi connectivity index (χ1n) is 7.92. The predicted molar refractivity (Wildman–Crippen MR) is 97.3 cm³/mol. The van der Waals surface area contributed by atoms with Crippen LogP contribution in [0.1, 0.15) is 17.9 Å². The van der Waals surface area contributed by atoms with E-state index < -0.39 is 0 Å². The second kappa shape index (κ2) is 6.45. The van der Waals surface area contributed by atoms with Crippen LogP contribution >= 0.6 is 11.3 Å². The molecule has 1 aliphatic rings. The Morgan fingerprint density at radius 2 is 1.88 bits per heavy atom. The van der Waals surface area contributed by atoms with Crippen LogP contribution in [0.4, 0.5) is 10.5 Å². The molecule has 1 heterocycles. The Morgan fingerprint density at radius 1 is 1.08 bits per heavy atom. The lowest BCUT2D eigenvalue weighted by Gasteiger charge is -2.08. The van der Waals surface area contributed by atoms with Crippen LogP contribution in [0.3, 0.4) is 0 Å². The minimum absolute atomic E-state index is 0.152. The summed E-state index contributed by atoms with van der Waals surface area (Å²) >= 11 is 1.60. The van der Waals surface area contributed by atoms with E-state index in [2.05, 4.69) is 27.8 Å². The number of hydrogen-bond acceptors (Lipinski definition) is 3. The van der Waals surface area contributed by atoms with Gasteiger partial charge in [-0.3, -0.25) is 0 Å². The van der Waals surface area contributed by atoms with Crippen molar-refractivity contribution in [3.63, 3.8) is 0 Å². The highest BCUT2D eigenvalue weighted by Gasteiger charge is 2.39. The molecule has 2 unspecified atom stereocenters. The predicted octanol–water partition coefficient (Wildman–Crippen LogP) is 4.49. The number of benzene rings is 2. The summed E-state index contributed by atoms with van der Waals surface area (Å²) in [5, 5.41) is 8.86. The van der Waals surface area contributed by atoms with Gasteiger partial charge in [0.2, 0.25) is 0 Å². The zero-order chi connectivity index (χ0) is 16.4. The van der Waals surface area contributed by atoms with Gasteiger partial charge in [-0.05, 0) is 36.2 Å². The second-order valence-corrected chi connectivity index (χ2v) is 6.77. The highest BCUT2D eigenvalue weighted by Crippen LogP contribution is 2.40. The Kier molecular flexibility index (Phi) is 4.01. The van der Waals surface area contributed by atoms with Crippen molar-refractivity contribution in [2.24, 2.45) is 0 Å². The molecule has 0 spiro atoms. The maximum absolute atomic E-state index is 12.1. The standard InChI is InChI=1S/C19H17N3OS/c23-19(22-17-12-16(17)13-4-2-1-3-5-13)21-15-8-6-14(7-9-15)18-20-10-11-24-18/h1-11,16-17H,12H2,(H2,21,22,23). The van der Waals surface area contributed by atoms with Crippen LogP contribution in [0, 0.1) is 0 Å². The Labute approximate surface area is 144 Å². The molecule has 1 aromatic heterocycles. The molecule has 2 aromatic carbocycles. The fourth-order valence-corrected chi connectivity index (χ4v) is 3.47. The van der Waals surface area contributed by atoms with Crippen LogP contribution in [0.15, 0.2) is 66.2 Å². The molecular weight excluding hydrogens is 318 g/mol. The van der Waals surface area contributed by atoms with E-state index in [9.17, 15) is 4.79 Å². The molecule has 120 valence electrons. The summed E-state index contributed by atoms with van der Waals surface area (Å²) in [5.41, 5.74) is 3.13. The third kappa shape index (κ3) is 3.31. The van der Waals surface area contributed by atoms with E-state index in [-0.39, 0.29) is 12.1 Å². The largest absolute Gasteiger partial charge is 0.334 e. The van der Waals surface area contributed by atoms with Crippen molar-refractivity contribution in [1.29, 1.82) is 0 Å². The summed E-state index contributed by atoms with van der Waals surface area (Å²) in [6.45, 7) is 0. The van der Waals surface area contributed by atoms with Gasteiger partial charge in [0.1, 0.15) is 5.01 Å². The topological polar surface area (TPSA) is 54.0 Å². The molecule has 1 aliphatic carbocycles. The first kappa shape index (κ1) is 14.9. The number of hydrogen-bond donors (Lipinski definition) is 2. The Balaban J connectivity index is 1.32. The summed E-state index contributed by atoms with van der Waals surface area (Å²) in [4.78, 5) is 16.4. The zero-order valence-corrected chi connectivity index (χ0v) is 13.8. The molecule has 0 aliphatic heterocycles. The summed E-state index contributed by atoms with van der Waals surface area (Å²) in [6.07, 6.45) is 2.79. The molecule has 2 amide bonds. The second-order valence-electron chi connectivity index (χ2n) is 5.87. The minimum Gasteiger partial charge on any atom is -0.334 e. The molecule has 1 fully saturated rings. The Bertz CT molecular complexity index is 816. The van der Waals surface area contributed by atoms with Crippen LogP contribution in [0.5, 0.6) is 0 Å². The van der Waals surface area contributed by atoms with E-state index in [1.54, 1.807) is 17.5 Å². The van der Waals surface area contributed by atoms with Crippen LogP contribution in [0.25, 0.3) is 10.6 Å². The number of urea groups is 1. The van der Waals surface area contributed by atoms with Crippen molar-refractivity contribution in [3.8, 4) is 10.6 Å². The fraction of sp³-hybridized carbons (Fsp3) is 0.158. The summed E-state index contributed by atoms with van der Waals surface area (Å²) in [5.74, 6) is 0.434. The quantitative estimate of drug-likeness (QED) is 0.738. The van der Waals surface area contributed by atoms with Crippen LogP contribution in [-0.4, -0.2) is 17.1 Å². The average Bonchev–Trinajstić information content (AvgIpc) is 3.15. The number of amides is 2. The van der Waals surface area contributed by atoms with Gasteiger partial charge in [-0.2, -0.15) is 0 Å². The summed E-state index contributed by atoms with van der Waals surface area (Å²) in [6, 6.07) is 18.1. The molecule has 4 rings (SSSR count). The summed E-state index contributed by atoms with van der Waals surface area (Å²) < 4.78 is 0. The van der Waals surface area contributed by atoms with Crippen molar-refractivity contribution in [1.82, 2.24) is 10.3 Å². The highest BCUT2D eigenvalue weighted by atomic mass is 32.1. The van der Waals surface area contributed by atoms with Gasteiger partial charge < -0.3 is 10.6 Å². The van der Waals surface area contributed by atoms with Gasteiger partial charge in [0.05, 0.1) is 0 Å². The number of thiazole rings is 1. The smallest absolute Gasteiger partial charge is 0.319 e. The molecule has 0 bridgehead atoms. The summed E-state index contributed by atoms with van der Waals surface area (Å²) in [7, 11) is 0. The zero-order valence-electron chi connectivity index (χ0n) is 13.0. The number of carbonyl (C=O) groups excluding carboxylic acids is 1. The lowest BCUT2D eigenvalue weighted by Crippen LogP contribution is -2.31. The number of anilines is 1. The fourth-order valence-electron chi connectivity index (χ4n) is 2.82. The van der Waals surface area contributed by atoms with Gasteiger partial charge in [0, 0.05) is 34.8 Å². The Morgan fingerprint density at radius 3 is 2.58 bits per heavy atom. The van der Waals surface area contributed by atoms with Gasteiger partial charge in [-0.15, -0.1) is 11.3 Å². The molecule has 0 radical (unpaired) electrons. The Hall–Kier alpha value is -2.66. The number of carbonyl (C=O) groups is 1. The normalized spacial score (nSPS) is 18.8. The lowest BCUT2D eigenvalue weighted by atomic mass is 10.1. The van der Waals surface area contributed by atoms with Crippen molar-refractivity contribution in [3.05, 3.63) is 71.7 Å². The molecule has 3 aromatic rings. The van der Waals surface area contributed by atoms with Crippen LogP contribution in [-0.2, 0) is 0 Å². The minimum atomic E-state index is -0.152. The monoisotopic (exact) mass is 335 g/mol. The molecule has 4 nitrogen and oxygen atoms in total. The van der Waals surface area contributed by atoms with E-state index in [4.69, 9.17) is 0 Å². The first-order valence-corrected chi connectivity index (χ1v) is 8.80. The maximum atomic E-state index is 12.1. The first-order chi connectivity index (χ1) is 11.8. The molecule has 2 N–H and O–H groups in total. The molecule has 24 heavy (non-hydrogen) atoms. The van der Waals surface area contributed by atoms with Gasteiger partial charge in [0.25, 0.3) is 0 Å². The van der Waals surface area contributed by atoms with Gasteiger partial charge in [-0.1, -0.05) is 30.3 Å². The average molecular weight is 335 g/mol. The van der Waals surface area contributed by atoms with Gasteiger partial charge >= 0.3 is 6.03 Å². The number of aromatic nitrogens is 1. The van der Waals surface area contributed by atoms with Crippen molar-refractivity contribution < 1.29 is 4.79 Å². The molecule has 5 heteroatoms. The van der Waals surface area contributed by atoms with Crippen molar-refractivity contribution in [2.45, 2.75) is 18.4 Å². The number of nitrogens with one attached hydrogen (secondary N) is 2. The van der Waals surface area contributed by atoms with Crippen molar-refractivity contribution >= 4 is 23.1 Å². The van der Waals surface area contributed by atoms with Gasteiger partial charge in [-0.25, -0.2) is 9.78 Å². The molecule has 2 atom stereocenters. The molecule has 1 saturated carbocycles. The van der Waals surface area contributed by atoms with Crippen LogP contribution in [0.2, 0.25) is 0 Å². The van der Waals surface area contributed by atoms with E-state index in [0.29, 0.717) is 5.92 Å². The third-order valence-electron chi connectivity index (χ3n) is 4.16. The maximum Gasteiger partial charge on any atom is 0.319 e. The lowest BCUT2D eigenvalue weighted by molar-refractivity contribution is 0.251.